The Hall–Kier alpha value is -3.87. The summed E-state index contributed by atoms with van der Waals surface area (Å²) in [5.41, 5.74) is -1.19. The monoisotopic (exact) mass is 610 g/mol. The lowest BCUT2D eigenvalue weighted by Gasteiger charge is -2.38. The third-order valence-electron chi connectivity index (χ3n) is 7.19. The number of phenolic OH excluding ortho intramolecular Hbond substituents is 3. The number of benzene rings is 2. The van der Waals surface area contributed by atoms with Crippen LogP contribution in [0.5, 0.6) is 34.5 Å². The highest BCUT2D eigenvalue weighted by Gasteiger charge is 2.43. The van der Waals surface area contributed by atoms with Crippen molar-refractivity contribution in [1.82, 2.24) is 0 Å². The Morgan fingerprint density at radius 1 is 0.814 bits per heavy atom. The first-order valence-corrected chi connectivity index (χ1v) is 12.9. The highest BCUT2D eigenvalue weighted by molar-refractivity contribution is 5.88. The van der Waals surface area contributed by atoms with Crippen LogP contribution >= 0.6 is 0 Å². The Labute approximate surface area is 241 Å². The molecule has 234 valence electrons. The fraction of sp³-hybridized carbons (Fsp3) is 0.444. The minimum Gasteiger partial charge on any atom is -0.507 e. The van der Waals surface area contributed by atoms with Crippen LogP contribution in [0, 0.1) is 0 Å². The summed E-state index contributed by atoms with van der Waals surface area (Å²) in [4.78, 5) is 13.4. The van der Waals surface area contributed by atoms with Gasteiger partial charge in [-0.05, 0) is 19.1 Å². The van der Waals surface area contributed by atoms with Crippen molar-refractivity contribution in [2.24, 2.45) is 0 Å². The van der Waals surface area contributed by atoms with Gasteiger partial charge in [-0.3, -0.25) is 4.79 Å². The van der Waals surface area contributed by atoms with Gasteiger partial charge < -0.3 is 74.1 Å². The minimum atomic E-state index is -1.73. The molecule has 9 atom stereocenters. The second-order valence-corrected chi connectivity index (χ2v) is 10.1. The Morgan fingerprint density at radius 3 is 2.21 bits per heavy atom. The van der Waals surface area contributed by atoms with Crippen molar-refractivity contribution in [3.63, 3.8) is 0 Å². The van der Waals surface area contributed by atoms with Gasteiger partial charge >= 0.3 is 0 Å². The molecule has 2 saturated heterocycles. The fourth-order valence-electron chi connectivity index (χ4n) is 4.77. The summed E-state index contributed by atoms with van der Waals surface area (Å²) in [6.45, 7) is 1.04. The summed E-state index contributed by atoms with van der Waals surface area (Å²) in [5, 5.41) is 91.3. The maximum atomic E-state index is 13.4. The summed E-state index contributed by atoms with van der Waals surface area (Å²) in [6.07, 6.45) is -13.4. The number of aromatic hydroxyl groups is 3. The van der Waals surface area contributed by atoms with Crippen LogP contribution in [0.3, 0.4) is 0 Å². The fourth-order valence-corrected chi connectivity index (χ4v) is 4.77. The lowest BCUT2D eigenvalue weighted by atomic mass is 10.00. The van der Waals surface area contributed by atoms with Crippen LogP contribution < -0.4 is 19.6 Å². The van der Waals surface area contributed by atoms with Gasteiger partial charge in [0.05, 0.1) is 19.8 Å². The van der Waals surface area contributed by atoms with E-state index in [9.17, 15) is 50.8 Å². The average molecular weight is 611 g/mol. The molecule has 1 aromatic heterocycles. The van der Waals surface area contributed by atoms with E-state index in [4.69, 9.17) is 28.1 Å². The van der Waals surface area contributed by atoms with E-state index in [1.807, 2.05) is 0 Å². The van der Waals surface area contributed by atoms with Gasteiger partial charge in [0.15, 0.2) is 17.3 Å². The molecule has 0 amide bonds. The van der Waals surface area contributed by atoms with Crippen molar-refractivity contribution in [2.45, 2.75) is 62.2 Å². The lowest BCUT2D eigenvalue weighted by molar-refractivity contribution is -0.268. The predicted molar refractivity (Wildman–Crippen MR) is 141 cm³/mol. The zero-order valence-corrected chi connectivity index (χ0v) is 22.6. The largest absolute Gasteiger partial charge is 0.507 e. The van der Waals surface area contributed by atoms with Crippen LogP contribution in [0.2, 0.25) is 0 Å². The molecule has 0 unspecified atom stereocenters. The molecule has 0 aliphatic carbocycles. The molecule has 9 N–H and O–H groups in total. The third kappa shape index (κ3) is 5.50. The number of aliphatic hydroxyl groups excluding tert-OH is 6. The van der Waals surface area contributed by atoms with E-state index in [1.165, 1.54) is 13.0 Å². The van der Waals surface area contributed by atoms with Crippen LogP contribution in [-0.2, 0) is 9.47 Å². The molecule has 0 spiro atoms. The molecule has 16 nitrogen and oxygen atoms in total. The lowest BCUT2D eigenvalue weighted by Crippen LogP contribution is -2.58. The number of hydrogen-bond donors (Lipinski definition) is 9. The summed E-state index contributed by atoms with van der Waals surface area (Å²) >= 11 is 0. The van der Waals surface area contributed by atoms with Crippen molar-refractivity contribution >= 4 is 11.0 Å². The minimum absolute atomic E-state index is 0.0881. The molecule has 3 aromatic rings. The summed E-state index contributed by atoms with van der Waals surface area (Å²) < 4.78 is 32.8. The van der Waals surface area contributed by atoms with Gasteiger partial charge in [0.1, 0.15) is 59.1 Å². The first-order chi connectivity index (χ1) is 20.3. The molecular formula is C27H30O16. The molecule has 3 heterocycles. The van der Waals surface area contributed by atoms with E-state index in [-0.39, 0.29) is 28.0 Å². The molecule has 2 aliphatic heterocycles. The smallest absolute Gasteiger partial charge is 0.239 e. The third-order valence-corrected chi connectivity index (χ3v) is 7.19. The molecule has 0 radical (unpaired) electrons. The summed E-state index contributed by atoms with van der Waals surface area (Å²) in [5.74, 6) is -3.50. The molecule has 0 saturated carbocycles. The van der Waals surface area contributed by atoms with Gasteiger partial charge in [-0.25, -0.2) is 0 Å². The zero-order chi connectivity index (χ0) is 31.3. The Bertz CT molecular complexity index is 1550. The van der Waals surface area contributed by atoms with Crippen molar-refractivity contribution in [2.75, 3.05) is 13.7 Å². The van der Waals surface area contributed by atoms with Crippen LogP contribution in [0.1, 0.15) is 6.92 Å². The van der Waals surface area contributed by atoms with E-state index in [1.54, 1.807) is 0 Å². The van der Waals surface area contributed by atoms with Gasteiger partial charge in [0, 0.05) is 17.7 Å². The molecular weight excluding hydrogens is 580 g/mol. The number of rotatable bonds is 6. The maximum Gasteiger partial charge on any atom is 0.239 e. The first-order valence-electron chi connectivity index (χ1n) is 12.9. The van der Waals surface area contributed by atoms with Gasteiger partial charge in [0.25, 0.3) is 0 Å². The molecule has 16 heteroatoms. The summed E-state index contributed by atoms with van der Waals surface area (Å²) in [6, 6.07) is 4.33. The van der Waals surface area contributed by atoms with Crippen LogP contribution in [0.15, 0.2) is 33.5 Å². The van der Waals surface area contributed by atoms with Gasteiger partial charge in [-0.2, -0.15) is 0 Å². The molecule has 2 aromatic carbocycles. The number of fused-ring (bicyclic) bond motifs is 1. The first kappa shape index (κ1) is 30.6. The predicted octanol–water partition coefficient (Wildman–Crippen LogP) is -1.39. The number of aliphatic hydroxyl groups is 6. The Balaban J connectivity index is 1.55. The topological polar surface area (TPSA) is 258 Å². The van der Waals surface area contributed by atoms with Crippen molar-refractivity contribution in [3.8, 4) is 45.8 Å². The normalized spacial score (nSPS) is 31.1. The van der Waals surface area contributed by atoms with Crippen molar-refractivity contribution in [3.05, 3.63) is 34.5 Å². The highest BCUT2D eigenvalue weighted by Crippen LogP contribution is 2.44. The van der Waals surface area contributed by atoms with Crippen LogP contribution in [0.4, 0.5) is 0 Å². The number of phenols is 3. The van der Waals surface area contributed by atoms with E-state index < -0.39 is 96.1 Å². The number of hydrogen-bond acceptors (Lipinski definition) is 16. The van der Waals surface area contributed by atoms with Gasteiger partial charge in [0.2, 0.25) is 29.5 Å². The van der Waals surface area contributed by atoms with Crippen LogP contribution in [0.25, 0.3) is 22.3 Å². The quantitative estimate of drug-likeness (QED) is 0.146. The SMILES string of the molecule is COc1c(-c2cc(O)c(O)c(O[C@@H]3OC[C@@H](O)[C@H](O)[C@H]3O)c2)oc2cc(O[C@@H]3O[C@@H](C)[C@H](O)[C@@H](O)[C@H]3O)cc(O)c2c1=O. The van der Waals surface area contributed by atoms with E-state index in [2.05, 4.69) is 0 Å². The molecule has 5 rings (SSSR count). The molecule has 0 bridgehead atoms. The average Bonchev–Trinajstić information content (AvgIpc) is 2.96. The second-order valence-electron chi connectivity index (χ2n) is 10.1. The van der Waals surface area contributed by atoms with E-state index in [0.29, 0.717) is 0 Å². The maximum absolute atomic E-state index is 13.4. The van der Waals surface area contributed by atoms with E-state index in [0.717, 1.165) is 25.3 Å². The number of methoxy groups -OCH3 is 1. The highest BCUT2D eigenvalue weighted by atomic mass is 16.7. The van der Waals surface area contributed by atoms with Gasteiger partial charge in [-0.15, -0.1) is 0 Å². The molecule has 2 aliphatic rings. The van der Waals surface area contributed by atoms with E-state index >= 15 is 0 Å². The zero-order valence-electron chi connectivity index (χ0n) is 22.6. The number of ether oxygens (including phenoxy) is 5. The Kier molecular flexibility index (Phi) is 8.30. The molecule has 43 heavy (non-hydrogen) atoms. The van der Waals surface area contributed by atoms with Crippen LogP contribution in [-0.4, -0.2) is 115 Å². The second kappa shape index (κ2) is 11.7. The molecule has 2 fully saturated rings. The summed E-state index contributed by atoms with van der Waals surface area (Å²) in [7, 11) is 1.15. The van der Waals surface area contributed by atoms with Crippen molar-refractivity contribution in [1.29, 1.82) is 0 Å². The van der Waals surface area contributed by atoms with Crippen molar-refractivity contribution < 1.29 is 74.1 Å². The van der Waals surface area contributed by atoms with Gasteiger partial charge in [-0.1, -0.05) is 0 Å². The Morgan fingerprint density at radius 2 is 1.51 bits per heavy atom. The standard InChI is InChI=1S/C27H30O16/c1-8-17(31)21(35)23(37)27(40-8)41-10-5-11(28)16-14(6-10)42-24(25(38-2)20(16)34)9-3-12(29)18(32)15(4-9)43-26-22(36)19(33)13(30)7-39-26/h3-6,8,13,17,19,21-23,26-33,35-37H,7H2,1-2H3/t8-,13+,17-,19-,21+,22+,23+,26-,27-/m0/s1.